The van der Waals surface area contributed by atoms with Crippen molar-refractivity contribution in [2.75, 3.05) is 7.05 Å². The largest absolute Gasteiger partial charge is 0.435 e. The molecule has 13 heteroatoms. The number of rotatable bonds is 9. The molecule has 7 nitrogen and oxygen atoms in total. The molecule has 0 fully saturated rings. The number of benzene rings is 2. The molecule has 2 N–H and O–H groups in total. The lowest BCUT2D eigenvalue weighted by molar-refractivity contribution is -0.142. The lowest BCUT2D eigenvalue weighted by Crippen LogP contribution is -2.37. The monoisotopic (exact) mass is 643 g/mol. The summed E-state index contributed by atoms with van der Waals surface area (Å²) in [5.41, 5.74) is 0.363. The second-order valence-electron chi connectivity index (χ2n) is 11.1. The summed E-state index contributed by atoms with van der Waals surface area (Å²) >= 11 is 0. The molecule has 2 aromatic heterocycles. The Balaban J connectivity index is 1.58. The smallest absolute Gasteiger partial charge is 0.355 e. The van der Waals surface area contributed by atoms with E-state index in [0.717, 1.165) is 22.9 Å². The minimum atomic E-state index is -4.70. The number of hydrogen-bond acceptors (Lipinski definition) is 4. The molecule has 0 aliphatic heterocycles. The van der Waals surface area contributed by atoms with E-state index in [1.807, 2.05) is 0 Å². The van der Waals surface area contributed by atoms with Crippen LogP contribution in [0, 0.1) is 17.5 Å². The van der Waals surface area contributed by atoms with Crippen molar-refractivity contribution in [2.24, 2.45) is 0 Å². The zero-order chi connectivity index (χ0) is 33.2. The van der Waals surface area contributed by atoms with Crippen molar-refractivity contribution in [2.45, 2.75) is 63.7 Å². The van der Waals surface area contributed by atoms with E-state index >= 15 is 0 Å². The van der Waals surface area contributed by atoms with Gasteiger partial charge in [-0.2, -0.15) is 18.3 Å². The number of aromatic nitrogens is 3. The fourth-order valence-electron chi connectivity index (χ4n) is 5.97. The van der Waals surface area contributed by atoms with E-state index in [0.29, 0.717) is 42.1 Å². The number of nitrogens with one attached hydrogen (secondary N) is 2. The summed E-state index contributed by atoms with van der Waals surface area (Å²) in [4.78, 5) is 30.8. The number of carbonyl (C=O) groups excluding carboxylic acids is 2. The Morgan fingerprint density at radius 2 is 1.72 bits per heavy atom. The zero-order valence-electron chi connectivity index (χ0n) is 25.0. The predicted octanol–water partition coefficient (Wildman–Crippen LogP) is 6.67. The highest BCUT2D eigenvalue weighted by Crippen LogP contribution is 2.38. The molecule has 0 unspecified atom stereocenters. The number of fused-ring (bicyclic) bond motifs is 1. The number of carbonyl (C=O) groups is 2. The van der Waals surface area contributed by atoms with E-state index in [-0.39, 0.29) is 41.6 Å². The Bertz CT molecular complexity index is 1750. The zero-order valence-corrected chi connectivity index (χ0v) is 25.0. The van der Waals surface area contributed by atoms with Gasteiger partial charge in [-0.3, -0.25) is 19.3 Å². The molecule has 2 heterocycles. The predicted molar refractivity (Wildman–Crippen MR) is 157 cm³/mol. The third kappa shape index (κ3) is 6.77. The summed E-state index contributed by atoms with van der Waals surface area (Å²) in [7, 11) is 1.35. The van der Waals surface area contributed by atoms with Crippen LogP contribution in [0.5, 0.6) is 0 Å². The lowest BCUT2D eigenvalue weighted by Gasteiger charge is -2.26. The molecular formula is C33H31F6N5O2. The van der Waals surface area contributed by atoms with Crippen molar-refractivity contribution < 1.29 is 35.9 Å². The molecule has 5 rings (SSSR count). The Hall–Kier alpha value is -4.68. The number of nitrogens with zero attached hydrogens (tertiary/aromatic N) is 3. The normalized spacial score (nSPS) is 14.3. The first kappa shape index (κ1) is 32.7. The van der Waals surface area contributed by atoms with Crippen molar-refractivity contribution in [3.8, 4) is 11.1 Å². The van der Waals surface area contributed by atoms with Crippen molar-refractivity contribution >= 4 is 11.8 Å². The average Bonchev–Trinajstić information content (AvgIpc) is 3.41. The second-order valence-corrected chi connectivity index (χ2v) is 11.1. The summed E-state index contributed by atoms with van der Waals surface area (Å²) in [6, 6.07) is 7.79. The Kier molecular flexibility index (Phi) is 9.50. The van der Waals surface area contributed by atoms with Crippen molar-refractivity contribution in [1.29, 1.82) is 0 Å². The van der Waals surface area contributed by atoms with Gasteiger partial charge in [0, 0.05) is 36.1 Å². The maximum Gasteiger partial charge on any atom is 0.435 e. The van der Waals surface area contributed by atoms with E-state index in [2.05, 4.69) is 20.7 Å². The minimum Gasteiger partial charge on any atom is -0.355 e. The fraction of sp³-hybridized carbons (Fsp3) is 0.333. The van der Waals surface area contributed by atoms with Gasteiger partial charge in [0.15, 0.2) is 5.69 Å². The van der Waals surface area contributed by atoms with Crippen LogP contribution in [-0.2, 0) is 30.2 Å². The van der Waals surface area contributed by atoms with Crippen molar-refractivity contribution in [1.82, 2.24) is 25.4 Å². The molecule has 0 saturated carbocycles. The van der Waals surface area contributed by atoms with Crippen LogP contribution in [0.4, 0.5) is 26.3 Å². The molecule has 1 aliphatic rings. The molecule has 0 spiro atoms. The maximum absolute atomic E-state index is 14.5. The van der Waals surface area contributed by atoms with Crippen LogP contribution in [-0.4, -0.2) is 33.6 Å². The van der Waals surface area contributed by atoms with E-state index in [1.54, 1.807) is 19.1 Å². The molecular weight excluding hydrogens is 612 g/mol. The summed E-state index contributed by atoms with van der Waals surface area (Å²) in [6.45, 7) is 1.65. The third-order valence-electron chi connectivity index (χ3n) is 8.06. The first-order chi connectivity index (χ1) is 21.9. The van der Waals surface area contributed by atoms with Gasteiger partial charge in [0.25, 0.3) is 5.91 Å². The molecule has 4 aromatic rings. The van der Waals surface area contributed by atoms with Gasteiger partial charge in [0.05, 0.1) is 17.3 Å². The van der Waals surface area contributed by atoms with Gasteiger partial charge < -0.3 is 10.6 Å². The molecule has 46 heavy (non-hydrogen) atoms. The van der Waals surface area contributed by atoms with Crippen LogP contribution in [0.25, 0.3) is 11.1 Å². The first-order valence-corrected chi connectivity index (χ1v) is 14.8. The Morgan fingerprint density at radius 1 is 1.00 bits per heavy atom. The number of pyridine rings is 1. The second kappa shape index (κ2) is 13.4. The van der Waals surface area contributed by atoms with Gasteiger partial charge in [0.1, 0.15) is 23.5 Å². The average molecular weight is 644 g/mol. The highest BCUT2D eigenvalue weighted by molar-refractivity contribution is 5.95. The van der Waals surface area contributed by atoms with Gasteiger partial charge in [-0.1, -0.05) is 19.1 Å². The number of alkyl halides is 3. The maximum atomic E-state index is 14.5. The molecule has 0 bridgehead atoms. The van der Waals surface area contributed by atoms with Gasteiger partial charge in [-0.15, -0.1) is 0 Å². The summed E-state index contributed by atoms with van der Waals surface area (Å²) in [6.07, 6.45) is -1.57. The SMILES string of the molecule is CC[C@@H](C(=O)N[C@@H](Cc1cc(F)cc(F)c1)c1ncccc1-c1ccc(F)c(C(=O)NC)c1)n1nc(C(F)(F)F)c2c1CCCC2. The minimum absolute atomic E-state index is 0.0898. The van der Waals surface area contributed by atoms with E-state index in [9.17, 15) is 35.9 Å². The molecule has 2 atom stereocenters. The van der Waals surface area contributed by atoms with Gasteiger partial charge in [0.2, 0.25) is 5.91 Å². The van der Waals surface area contributed by atoms with E-state index < -0.39 is 53.2 Å². The fourth-order valence-corrected chi connectivity index (χ4v) is 5.97. The molecule has 2 amide bonds. The van der Waals surface area contributed by atoms with Crippen LogP contribution in [0.2, 0.25) is 0 Å². The van der Waals surface area contributed by atoms with Gasteiger partial charge in [-0.05, 0) is 80.0 Å². The number of amides is 2. The van der Waals surface area contributed by atoms with Crippen LogP contribution >= 0.6 is 0 Å². The standard InChI is InChI=1S/C33H31F6N5O2/c1-3-27(44-28-9-5-4-7-23(28)30(43-44)33(37,38)39)32(46)42-26(15-18-13-20(34)17-21(35)14-18)29-22(8-6-12-41-29)19-10-11-25(36)24(16-19)31(45)40-2/h6,8,10-14,16-17,26-27H,3-5,7,9,15H2,1-2H3,(H,40,45)(H,42,46)/t26-,27-/m0/s1. The first-order valence-electron chi connectivity index (χ1n) is 14.8. The summed E-state index contributed by atoms with van der Waals surface area (Å²) < 4.78 is 85.9. The van der Waals surface area contributed by atoms with Crippen LogP contribution in [0.3, 0.4) is 0 Å². The van der Waals surface area contributed by atoms with Crippen LogP contribution < -0.4 is 10.6 Å². The summed E-state index contributed by atoms with van der Waals surface area (Å²) in [5, 5.41) is 9.12. The van der Waals surface area contributed by atoms with Crippen LogP contribution in [0.1, 0.15) is 76.8 Å². The molecule has 1 aliphatic carbocycles. The van der Waals surface area contributed by atoms with Crippen LogP contribution in [0.15, 0.2) is 54.7 Å². The Labute approximate surface area is 261 Å². The molecule has 0 saturated heterocycles. The Morgan fingerprint density at radius 3 is 2.39 bits per heavy atom. The number of hydrogen-bond donors (Lipinski definition) is 2. The van der Waals surface area contributed by atoms with E-state index in [4.69, 9.17) is 0 Å². The highest BCUT2D eigenvalue weighted by Gasteiger charge is 2.41. The van der Waals surface area contributed by atoms with Gasteiger partial charge >= 0.3 is 6.18 Å². The van der Waals surface area contributed by atoms with Crippen molar-refractivity contribution in [3.05, 3.63) is 106 Å². The number of halogens is 6. The quantitative estimate of drug-likeness (QED) is 0.200. The molecule has 2 aromatic carbocycles. The van der Waals surface area contributed by atoms with E-state index in [1.165, 1.54) is 25.4 Å². The third-order valence-corrected chi connectivity index (χ3v) is 8.06. The van der Waals surface area contributed by atoms with Gasteiger partial charge in [-0.25, -0.2) is 13.2 Å². The van der Waals surface area contributed by atoms with Crippen molar-refractivity contribution in [3.63, 3.8) is 0 Å². The topological polar surface area (TPSA) is 88.9 Å². The summed E-state index contributed by atoms with van der Waals surface area (Å²) in [5.74, 6) is -3.79. The molecule has 0 radical (unpaired) electrons. The molecule has 242 valence electrons. The highest BCUT2D eigenvalue weighted by atomic mass is 19.4. The lowest BCUT2D eigenvalue weighted by atomic mass is 9.94.